The van der Waals surface area contributed by atoms with Gasteiger partial charge in [-0.15, -0.1) is 0 Å². The van der Waals surface area contributed by atoms with Crippen molar-refractivity contribution in [1.29, 1.82) is 0 Å². The number of nitrogens with zero attached hydrogens (tertiary/aromatic N) is 3. The summed E-state index contributed by atoms with van der Waals surface area (Å²) in [5.41, 5.74) is 7.59. The van der Waals surface area contributed by atoms with E-state index in [9.17, 15) is 2.74 Å². The number of fused-ring (bicyclic) bond motifs is 8. The van der Waals surface area contributed by atoms with Crippen LogP contribution in [0.2, 0.25) is 0 Å². The van der Waals surface area contributed by atoms with Crippen LogP contribution in [0.4, 0.5) is 0 Å². The van der Waals surface area contributed by atoms with E-state index in [0.29, 0.717) is 39.7 Å². The van der Waals surface area contributed by atoms with Crippen molar-refractivity contribution >= 4 is 54.6 Å². The highest BCUT2D eigenvalue weighted by atomic mass is 16.3. The number of rotatable bonds is 6. The van der Waals surface area contributed by atoms with E-state index in [-0.39, 0.29) is 50.4 Å². The highest BCUT2D eigenvalue weighted by Crippen LogP contribution is 2.38. The Morgan fingerprint density at radius 2 is 0.933 bits per heavy atom. The Labute approximate surface area is 357 Å². The first kappa shape index (κ1) is 26.0. The van der Waals surface area contributed by atoms with E-state index in [1.165, 1.54) is 0 Å². The smallest absolute Gasteiger partial charge is 0.164 e. The van der Waals surface area contributed by atoms with Gasteiger partial charge >= 0.3 is 0 Å². The van der Waals surface area contributed by atoms with Gasteiger partial charge in [0.15, 0.2) is 17.5 Å². The minimum atomic E-state index is -0.558. The van der Waals surface area contributed by atoms with Crippen LogP contribution in [0.5, 0.6) is 0 Å². The van der Waals surface area contributed by atoms with Crippen LogP contribution in [0.3, 0.4) is 0 Å². The molecule has 0 unspecified atom stereocenters. The topological polar surface area (TPSA) is 65.0 Å². The van der Waals surface area contributed by atoms with Gasteiger partial charge in [-0.3, -0.25) is 0 Å². The summed E-state index contributed by atoms with van der Waals surface area (Å²) in [6.45, 7) is 0. The fraction of sp³-hybridized carbons (Fsp3) is 0. The molecule has 0 spiro atoms. The summed E-state index contributed by atoms with van der Waals surface area (Å²) < 4.78 is 92.2. The fourth-order valence-electron chi connectivity index (χ4n) is 7.83. The second-order valence-electron chi connectivity index (χ2n) is 14.5. The minimum absolute atomic E-state index is 0.0143. The van der Waals surface area contributed by atoms with E-state index in [1.54, 1.807) is 18.2 Å². The number of furan rings is 2. The van der Waals surface area contributed by atoms with Gasteiger partial charge in [-0.05, 0) is 93.3 Å². The van der Waals surface area contributed by atoms with Crippen molar-refractivity contribution in [2.45, 2.75) is 0 Å². The van der Waals surface area contributed by atoms with Gasteiger partial charge < -0.3 is 8.83 Å². The molecule has 12 aromatic rings. The number of hydrogen-bond donors (Lipinski definition) is 0. The summed E-state index contributed by atoms with van der Waals surface area (Å²) in [4.78, 5) is 15.1. The molecule has 0 amide bonds. The molecule has 0 radical (unpaired) electrons. The van der Waals surface area contributed by atoms with Crippen molar-refractivity contribution in [1.82, 2.24) is 15.0 Å². The first-order valence-electron chi connectivity index (χ1n) is 23.8. The van der Waals surface area contributed by atoms with Gasteiger partial charge in [0.1, 0.15) is 22.3 Å². The van der Waals surface area contributed by atoms with Crippen molar-refractivity contribution in [3.05, 3.63) is 200 Å². The van der Waals surface area contributed by atoms with Crippen LogP contribution in [0.1, 0.15) is 12.3 Å². The standard InChI is InChI=1S/C55H33N3O2/c1-3-11-34(12-4-1)37-16-9-18-41(29-37)53-56-54(58-55(57-53)43-22-25-45-47-31-39(35-13-5-2-6-14-35)23-27-49(47)59-51(45)33-43)42-19-10-17-38(30-42)40-24-28-50-48(32-40)46-26-21-36-15-7-8-20-44(36)52(46)60-50/h1-33H/i7D,8D,15D,20D,21D,24D,26D,28D,32D. The highest BCUT2D eigenvalue weighted by Gasteiger charge is 2.17. The molecule has 3 aromatic heterocycles. The molecule has 3 heterocycles. The zero-order valence-corrected chi connectivity index (χ0v) is 31.5. The van der Waals surface area contributed by atoms with Gasteiger partial charge in [-0.2, -0.15) is 0 Å². The zero-order chi connectivity index (χ0) is 47.4. The molecule has 0 aliphatic carbocycles. The van der Waals surface area contributed by atoms with Gasteiger partial charge in [-0.1, -0.05) is 145 Å². The molecule has 0 fully saturated rings. The lowest BCUT2D eigenvalue weighted by atomic mass is 9.99. The average Bonchev–Trinajstić information content (AvgIpc) is 3.97. The molecule has 0 aliphatic heterocycles. The summed E-state index contributed by atoms with van der Waals surface area (Å²) >= 11 is 0. The molecule has 12 rings (SSSR count). The summed E-state index contributed by atoms with van der Waals surface area (Å²) in [5, 5.41) is 1.52. The molecule has 5 nitrogen and oxygen atoms in total. The summed E-state index contributed by atoms with van der Waals surface area (Å²) in [5.74, 6) is 1.07. The SMILES string of the molecule is [2H]c1c(-c2cccc(-c3nc(-c4cccc(-c5ccccc5)c4)nc(-c4ccc5c(c4)oc4ccc(-c6ccccc6)cc45)n3)c2)c([2H])c2c(oc3c4c([2H])c([2H])c([2H])c([2H])c4c([2H])c([2H])c32)c1[2H]. The molecule has 5 heteroatoms. The minimum Gasteiger partial charge on any atom is -0.456 e. The third-order valence-corrected chi connectivity index (χ3v) is 10.8. The number of aromatic nitrogens is 3. The molecule has 0 saturated carbocycles. The van der Waals surface area contributed by atoms with E-state index in [0.717, 1.165) is 44.2 Å². The molecule has 0 bridgehead atoms. The lowest BCUT2D eigenvalue weighted by Gasteiger charge is -2.11. The third-order valence-electron chi connectivity index (χ3n) is 10.8. The van der Waals surface area contributed by atoms with E-state index < -0.39 is 42.3 Å². The van der Waals surface area contributed by atoms with Crippen molar-refractivity contribution in [3.63, 3.8) is 0 Å². The van der Waals surface area contributed by atoms with Crippen LogP contribution in [-0.4, -0.2) is 15.0 Å². The lowest BCUT2D eigenvalue weighted by Crippen LogP contribution is -2.00. The van der Waals surface area contributed by atoms with Crippen LogP contribution < -0.4 is 0 Å². The Balaban J connectivity index is 1.03. The zero-order valence-electron chi connectivity index (χ0n) is 40.5. The molecule has 0 aliphatic rings. The van der Waals surface area contributed by atoms with E-state index in [2.05, 4.69) is 18.2 Å². The van der Waals surface area contributed by atoms with Gasteiger partial charge in [-0.25, -0.2) is 15.0 Å². The predicted octanol–water partition coefficient (Wildman–Crippen LogP) is 14.8. The Hall–Kier alpha value is -8.15. The summed E-state index contributed by atoms with van der Waals surface area (Å²) in [6.07, 6.45) is 0. The van der Waals surface area contributed by atoms with E-state index in [4.69, 9.17) is 33.4 Å². The Kier molecular flexibility index (Phi) is 5.95. The molecule has 9 aromatic carbocycles. The van der Waals surface area contributed by atoms with Gasteiger partial charge in [0, 0.05) is 43.6 Å². The molecule has 0 saturated heterocycles. The number of benzene rings is 9. The van der Waals surface area contributed by atoms with Crippen molar-refractivity contribution in [2.75, 3.05) is 0 Å². The van der Waals surface area contributed by atoms with Crippen LogP contribution in [0.25, 0.3) is 122 Å². The van der Waals surface area contributed by atoms with Crippen molar-refractivity contribution < 1.29 is 21.2 Å². The maximum Gasteiger partial charge on any atom is 0.164 e. The summed E-state index contributed by atoms with van der Waals surface area (Å²) in [7, 11) is 0. The maximum absolute atomic E-state index is 9.57. The normalized spacial score (nSPS) is 13.8. The first-order valence-corrected chi connectivity index (χ1v) is 19.3. The van der Waals surface area contributed by atoms with Crippen LogP contribution >= 0.6 is 0 Å². The molecule has 0 atom stereocenters. The van der Waals surface area contributed by atoms with Gasteiger partial charge in [0.05, 0.1) is 12.3 Å². The van der Waals surface area contributed by atoms with Gasteiger partial charge in [0.25, 0.3) is 0 Å². The Morgan fingerprint density at radius 3 is 1.65 bits per heavy atom. The Bertz CT molecular complexity index is 4140. The molecule has 0 N–H and O–H groups in total. The highest BCUT2D eigenvalue weighted by molar-refractivity contribution is 6.15. The van der Waals surface area contributed by atoms with Crippen LogP contribution in [0, 0.1) is 0 Å². The van der Waals surface area contributed by atoms with Crippen LogP contribution in [-0.2, 0) is 0 Å². The monoisotopic (exact) mass is 776 g/mol. The van der Waals surface area contributed by atoms with Crippen molar-refractivity contribution in [2.24, 2.45) is 0 Å². The van der Waals surface area contributed by atoms with Crippen LogP contribution in [0.15, 0.2) is 209 Å². The molecular formula is C55H33N3O2. The van der Waals surface area contributed by atoms with E-state index in [1.807, 2.05) is 109 Å². The molecular weight excluding hydrogens is 735 g/mol. The van der Waals surface area contributed by atoms with E-state index >= 15 is 0 Å². The predicted molar refractivity (Wildman–Crippen MR) is 245 cm³/mol. The Morgan fingerprint density at radius 1 is 0.333 bits per heavy atom. The van der Waals surface area contributed by atoms with Gasteiger partial charge in [0.2, 0.25) is 0 Å². The second-order valence-corrected chi connectivity index (χ2v) is 14.5. The average molecular weight is 777 g/mol. The molecule has 280 valence electrons. The summed E-state index contributed by atoms with van der Waals surface area (Å²) in [6, 6.07) is 43.2. The maximum atomic E-state index is 9.57. The molecule has 60 heavy (non-hydrogen) atoms. The third kappa shape index (κ3) is 5.83. The van der Waals surface area contributed by atoms with Crippen molar-refractivity contribution in [3.8, 4) is 67.5 Å². The second kappa shape index (κ2) is 13.8. The quantitative estimate of drug-likeness (QED) is 0.168. The lowest BCUT2D eigenvalue weighted by molar-refractivity contribution is 0.669. The first-order chi connectivity index (χ1) is 33.4. The fourth-order valence-corrected chi connectivity index (χ4v) is 7.83. The number of hydrogen-bond acceptors (Lipinski definition) is 5. The largest absolute Gasteiger partial charge is 0.456 e.